The van der Waals surface area contributed by atoms with E-state index in [9.17, 15) is 0 Å². The lowest BCUT2D eigenvalue weighted by molar-refractivity contribution is 0.486. The highest BCUT2D eigenvalue weighted by molar-refractivity contribution is 5.10. The highest BCUT2D eigenvalue weighted by atomic mass is 14.9. The summed E-state index contributed by atoms with van der Waals surface area (Å²) in [5, 5.41) is 3.57. The van der Waals surface area contributed by atoms with E-state index in [2.05, 4.69) is 25.2 Å². The molecule has 11 heavy (non-hydrogen) atoms. The van der Waals surface area contributed by atoms with Crippen LogP contribution in [0.2, 0.25) is 0 Å². The zero-order valence-electron chi connectivity index (χ0n) is 7.69. The Morgan fingerprint density at radius 3 is 2.64 bits per heavy atom. The summed E-state index contributed by atoms with van der Waals surface area (Å²) in [6, 6.07) is 0.728. The van der Waals surface area contributed by atoms with Gasteiger partial charge in [-0.05, 0) is 25.7 Å². The molecule has 0 radical (unpaired) electrons. The van der Waals surface area contributed by atoms with Crippen molar-refractivity contribution in [3.05, 3.63) is 11.8 Å². The van der Waals surface area contributed by atoms with Gasteiger partial charge in [-0.3, -0.25) is 0 Å². The first-order chi connectivity index (χ1) is 5.36. The van der Waals surface area contributed by atoms with Gasteiger partial charge in [-0.2, -0.15) is 0 Å². The molecule has 1 heteroatoms. The summed E-state index contributed by atoms with van der Waals surface area (Å²) in [5.41, 5.74) is 1.48. The quantitative estimate of drug-likeness (QED) is 0.640. The van der Waals surface area contributed by atoms with E-state index in [1.165, 1.54) is 37.8 Å². The Kier molecular flexibility index (Phi) is 3.47. The minimum absolute atomic E-state index is 0.728. The van der Waals surface area contributed by atoms with E-state index in [1.54, 1.807) is 0 Å². The molecule has 1 atom stereocenters. The smallest absolute Gasteiger partial charge is 0.0255 e. The Hall–Kier alpha value is -0.460. The lowest BCUT2D eigenvalue weighted by atomic mass is 10.0. The van der Waals surface area contributed by atoms with Gasteiger partial charge in [0.05, 0.1) is 0 Å². The minimum Gasteiger partial charge on any atom is -0.386 e. The number of nitrogens with one attached hydrogen (secondary N) is 1. The van der Waals surface area contributed by atoms with Gasteiger partial charge in [-0.1, -0.05) is 26.3 Å². The normalized spacial score (nSPS) is 18.5. The Balaban J connectivity index is 2.19. The zero-order valence-corrected chi connectivity index (χ0v) is 7.69. The highest BCUT2D eigenvalue weighted by Crippen LogP contribution is 2.16. The topological polar surface area (TPSA) is 12.0 Å². The van der Waals surface area contributed by atoms with Gasteiger partial charge in [0, 0.05) is 11.7 Å². The van der Waals surface area contributed by atoms with Gasteiger partial charge < -0.3 is 5.32 Å². The Morgan fingerprint density at radius 2 is 2.27 bits per heavy atom. The fourth-order valence-corrected chi connectivity index (χ4v) is 1.41. The van der Waals surface area contributed by atoms with Crippen molar-refractivity contribution in [3.63, 3.8) is 0 Å². The molecule has 0 saturated heterocycles. The van der Waals surface area contributed by atoms with Crippen molar-refractivity contribution in [1.29, 1.82) is 0 Å². The third-order valence-corrected chi connectivity index (χ3v) is 2.32. The summed E-state index contributed by atoms with van der Waals surface area (Å²) in [5.74, 6) is 0. The molecule has 1 N–H and O–H groups in total. The van der Waals surface area contributed by atoms with E-state index in [0.29, 0.717) is 0 Å². The first-order valence-corrected chi connectivity index (χ1v) is 4.82. The first kappa shape index (κ1) is 8.63. The predicted molar refractivity (Wildman–Crippen MR) is 49.4 cm³/mol. The summed E-state index contributed by atoms with van der Waals surface area (Å²) in [7, 11) is 0. The van der Waals surface area contributed by atoms with Crippen molar-refractivity contribution in [3.8, 4) is 0 Å². The molecule has 0 saturated carbocycles. The Morgan fingerprint density at radius 1 is 1.55 bits per heavy atom. The average molecular weight is 153 g/mol. The molecule has 0 heterocycles. The zero-order chi connectivity index (χ0) is 8.10. The maximum atomic E-state index is 3.57. The third-order valence-electron chi connectivity index (χ3n) is 2.32. The average Bonchev–Trinajstić information content (AvgIpc) is 1.94. The summed E-state index contributed by atoms with van der Waals surface area (Å²) >= 11 is 0. The lowest BCUT2D eigenvalue weighted by Gasteiger charge is -2.23. The molecular formula is C10H19N. The van der Waals surface area contributed by atoms with Crippen LogP contribution in [0.5, 0.6) is 0 Å². The van der Waals surface area contributed by atoms with Crippen molar-refractivity contribution in [2.75, 3.05) is 0 Å². The third kappa shape index (κ3) is 2.57. The van der Waals surface area contributed by atoms with E-state index >= 15 is 0 Å². The van der Waals surface area contributed by atoms with Gasteiger partial charge in [-0.15, -0.1) is 0 Å². The van der Waals surface area contributed by atoms with Crippen LogP contribution in [-0.2, 0) is 0 Å². The summed E-state index contributed by atoms with van der Waals surface area (Å²) in [4.78, 5) is 0. The minimum atomic E-state index is 0.728. The van der Waals surface area contributed by atoms with Crippen molar-refractivity contribution < 1.29 is 0 Å². The first-order valence-electron chi connectivity index (χ1n) is 4.82. The molecular weight excluding hydrogens is 134 g/mol. The predicted octanol–water partition coefficient (Wildman–Crippen LogP) is 2.83. The summed E-state index contributed by atoms with van der Waals surface area (Å²) in [6.07, 6.45) is 8.72. The van der Waals surface area contributed by atoms with Crippen LogP contribution in [0, 0.1) is 0 Å². The van der Waals surface area contributed by atoms with Crippen LogP contribution >= 0.6 is 0 Å². The maximum absolute atomic E-state index is 3.57. The Bertz CT molecular complexity index is 138. The molecule has 0 bridgehead atoms. The van der Waals surface area contributed by atoms with Gasteiger partial charge in [0.15, 0.2) is 0 Å². The SMILES string of the molecule is CCCC(CC)NC1=CCC1. The standard InChI is InChI=1S/C10H19N/c1-3-6-9(4-2)11-10-7-5-8-10/h7,9,11H,3-6,8H2,1-2H3. The summed E-state index contributed by atoms with van der Waals surface area (Å²) in [6.45, 7) is 4.51. The molecule has 1 unspecified atom stereocenters. The van der Waals surface area contributed by atoms with Crippen LogP contribution in [0.3, 0.4) is 0 Å². The molecule has 0 aromatic carbocycles. The fourth-order valence-electron chi connectivity index (χ4n) is 1.41. The number of allylic oxidation sites excluding steroid dienone is 2. The molecule has 64 valence electrons. The molecule has 0 aliphatic heterocycles. The van der Waals surface area contributed by atoms with E-state index in [1.807, 2.05) is 0 Å². The van der Waals surface area contributed by atoms with Crippen molar-refractivity contribution in [1.82, 2.24) is 5.32 Å². The monoisotopic (exact) mass is 153 g/mol. The van der Waals surface area contributed by atoms with Gasteiger partial charge in [0.25, 0.3) is 0 Å². The number of rotatable bonds is 5. The van der Waals surface area contributed by atoms with Crippen LogP contribution < -0.4 is 5.32 Å². The fraction of sp³-hybridized carbons (Fsp3) is 0.800. The molecule has 1 rings (SSSR count). The van der Waals surface area contributed by atoms with Crippen LogP contribution in [0.1, 0.15) is 46.0 Å². The molecule has 1 aliphatic rings. The van der Waals surface area contributed by atoms with Crippen LogP contribution in [-0.4, -0.2) is 6.04 Å². The van der Waals surface area contributed by atoms with Gasteiger partial charge >= 0.3 is 0 Å². The number of hydrogen-bond donors (Lipinski definition) is 1. The van der Waals surface area contributed by atoms with Gasteiger partial charge in [0.1, 0.15) is 0 Å². The maximum Gasteiger partial charge on any atom is 0.0255 e. The molecule has 0 amide bonds. The number of hydrogen-bond acceptors (Lipinski definition) is 1. The molecule has 0 spiro atoms. The molecule has 0 fully saturated rings. The van der Waals surface area contributed by atoms with E-state index in [0.717, 1.165) is 6.04 Å². The largest absolute Gasteiger partial charge is 0.386 e. The molecule has 1 aliphatic carbocycles. The van der Waals surface area contributed by atoms with E-state index in [-0.39, 0.29) is 0 Å². The second-order valence-corrected chi connectivity index (χ2v) is 3.31. The lowest BCUT2D eigenvalue weighted by Crippen LogP contribution is -2.29. The van der Waals surface area contributed by atoms with E-state index < -0.39 is 0 Å². The summed E-state index contributed by atoms with van der Waals surface area (Å²) < 4.78 is 0. The van der Waals surface area contributed by atoms with Crippen LogP contribution in [0.25, 0.3) is 0 Å². The van der Waals surface area contributed by atoms with Gasteiger partial charge in [0.2, 0.25) is 0 Å². The van der Waals surface area contributed by atoms with Crippen molar-refractivity contribution >= 4 is 0 Å². The van der Waals surface area contributed by atoms with E-state index in [4.69, 9.17) is 0 Å². The van der Waals surface area contributed by atoms with Crippen molar-refractivity contribution in [2.24, 2.45) is 0 Å². The highest BCUT2D eigenvalue weighted by Gasteiger charge is 2.09. The van der Waals surface area contributed by atoms with Crippen LogP contribution in [0.4, 0.5) is 0 Å². The Labute approximate surface area is 69.9 Å². The van der Waals surface area contributed by atoms with Crippen LogP contribution in [0.15, 0.2) is 11.8 Å². The molecule has 0 aromatic rings. The molecule has 0 aromatic heterocycles. The second kappa shape index (κ2) is 4.42. The second-order valence-electron chi connectivity index (χ2n) is 3.31. The van der Waals surface area contributed by atoms with Crippen molar-refractivity contribution in [2.45, 2.75) is 52.0 Å². The molecule has 1 nitrogen and oxygen atoms in total. The van der Waals surface area contributed by atoms with Gasteiger partial charge in [-0.25, -0.2) is 0 Å².